The molecule has 2 rings (SSSR count). The number of thioether (sulfide) groups is 1. The normalized spacial score (nSPS) is 10.8. The fourth-order valence-electron chi connectivity index (χ4n) is 2.43. The number of rotatable bonds is 9. The molecule has 2 aromatic rings. The second-order valence-corrected chi connectivity index (χ2v) is 6.71. The minimum atomic E-state index is -0.947. The van der Waals surface area contributed by atoms with Crippen LogP contribution in [0.2, 0.25) is 0 Å². The van der Waals surface area contributed by atoms with Crippen molar-refractivity contribution in [3.8, 4) is 0 Å². The molecule has 6 nitrogen and oxygen atoms in total. The fourth-order valence-corrected chi connectivity index (χ4v) is 3.06. The SMILES string of the molecule is CCCCc1ncc(CSC(=O)CO)n1Cc1ccc(C(=O)O)cc1. The van der Waals surface area contributed by atoms with E-state index in [9.17, 15) is 9.59 Å². The smallest absolute Gasteiger partial charge is 0.335 e. The van der Waals surface area contributed by atoms with Gasteiger partial charge in [0, 0.05) is 30.6 Å². The summed E-state index contributed by atoms with van der Waals surface area (Å²) in [6.45, 7) is 2.22. The number of hydrogen-bond donors (Lipinski definition) is 2. The number of hydrogen-bond acceptors (Lipinski definition) is 5. The van der Waals surface area contributed by atoms with Gasteiger partial charge in [-0.25, -0.2) is 9.78 Å². The molecule has 0 bridgehead atoms. The summed E-state index contributed by atoms with van der Waals surface area (Å²) in [6.07, 6.45) is 4.71. The largest absolute Gasteiger partial charge is 0.478 e. The van der Waals surface area contributed by atoms with Gasteiger partial charge in [0.1, 0.15) is 12.4 Å². The van der Waals surface area contributed by atoms with Crippen molar-refractivity contribution in [2.24, 2.45) is 0 Å². The van der Waals surface area contributed by atoms with Crippen molar-refractivity contribution in [1.29, 1.82) is 0 Å². The van der Waals surface area contributed by atoms with E-state index < -0.39 is 12.6 Å². The van der Waals surface area contributed by atoms with Gasteiger partial charge in [-0.05, 0) is 24.1 Å². The van der Waals surface area contributed by atoms with Crippen molar-refractivity contribution in [1.82, 2.24) is 9.55 Å². The van der Waals surface area contributed by atoms with Crippen LogP contribution in [0, 0.1) is 0 Å². The summed E-state index contributed by atoms with van der Waals surface area (Å²) in [5.41, 5.74) is 2.14. The molecular weight excluding hydrogens is 340 g/mol. The molecule has 0 aliphatic rings. The first-order valence-electron chi connectivity index (χ1n) is 8.17. The van der Waals surface area contributed by atoms with E-state index in [-0.39, 0.29) is 10.7 Å². The Labute approximate surface area is 150 Å². The van der Waals surface area contributed by atoms with Crippen LogP contribution < -0.4 is 0 Å². The predicted octanol–water partition coefficient (Wildman–Crippen LogP) is 2.72. The first-order valence-corrected chi connectivity index (χ1v) is 9.15. The van der Waals surface area contributed by atoms with E-state index in [2.05, 4.69) is 16.5 Å². The zero-order valence-corrected chi connectivity index (χ0v) is 15.0. The Morgan fingerprint density at radius 1 is 1.24 bits per heavy atom. The Balaban J connectivity index is 2.20. The van der Waals surface area contributed by atoms with Crippen molar-refractivity contribution in [2.75, 3.05) is 6.61 Å². The number of aryl methyl sites for hydroxylation is 1. The summed E-state index contributed by atoms with van der Waals surface area (Å²) < 4.78 is 2.07. The quantitative estimate of drug-likeness (QED) is 0.712. The third kappa shape index (κ3) is 5.44. The molecule has 25 heavy (non-hydrogen) atoms. The third-order valence-electron chi connectivity index (χ3n) is 3.83. The molecule has 1 heterocycles. The van der Waals surface area contributed by atoms with Crippen molar-refractivity contribution in [3.63, 3.8) is 0 Å². The van der Waals surface area contributed by atoms with E-state index in [4.69, 9.17) is 10.2 Å². The van der Waals surface area contributed by atoms with E-state index in [1.807, 2.05) is 0 Å². The molecule has 0 spiro atoms. The minimum Gasteiger partial charge on any atom is -0.478 e. The summed E-state index contributed by atoms with van der Waals surface area (Å²) in [5.74, 6) is 0.458. The average molecular weight is 362 g/mol. The molecule has 1 aromatic heterocycles. The summed E-state index contributed by atoms with van der Waals surface area (Å²) in [5, 5.41) is 17.6. The molecule has 0 aliphatic carbocycles. The van der Waals surface area contributed by atoms with Crippen LogP contribution in [0.15, 0.2) is 30.5 Å². The predicted molar refractivity (Wildman–Crippen MR) is 96.7 cm³/mol. The topological polar surface area (TPSA) is 92.4 Å². The second kappa shape index (κ2) is 9.39. The Morgan fingerprint density at radius 3 is 2.56 bits per heavy atom. The van der Waals surface area contributed by atoms with Crippen LogP contribution in [0.3, 0.4) is 0 Å². The first kappa shape index (κ1) is 19.2. The number of aromatic carboxylic acids is 1. The van der Waals surface area contributed by atoms with E-state index >= 15 is 0 Å². The maximum absolute atomic E-state index is 11.4. The number of aliphatic hydroxyl groups is 1. The summed E-state index contributed by atoms with van der Waals surface area (Å²) in [6, 6.07) is 6.76. The monoisotopic (exact) mass is 362 g/mol. The van der Waals surface area contributed by atoms with Crippen LogP contribution in [-0.2, 0) is 23.5 Å². The molecule has 0 radical (unpaired) electrons. The Bertz CT molecular complexity index is 725. The number of aliphatic hydroxyl groups excluding tert-OH is 1. The van der Waals surface area contributed by atoms with E-state index in [0.717, 1.165) is 48.1 Å². The van der Waals surface area contributed by atoms with Crippen molar-refractivity contribution in [2.45, 2.75) is 38.5 Å². The van der Waals surface area contributed by atoms with E-state index in [1.54, 1.807) is 30.5 Å². The number of carboxylic acid groups (broad SMARTS) is 1. The van der Waals surface area contributed by atoms with Crippen LogP contribution in [-0.4, -0.2) is 37.5 Å². The number of imidazole rings is 1. The molecule has 0 saturated heterocycles. The molecule has 0 amide bonds. The summed E-state index contributed by atoms with van der Waals surface area (Å²) in [7, 11) is 0. The van der Waals surface area contributed by atoms with Gasteiger partial charge < -0.3 is 14.8 Å². The van der Waals surface area contributed by atoms with Gasteiger partial charge in [0.15, 0.2) is 0 Å². The molecular formula is C18H22N2O4S. The highest BCUT2D eigenvalue weighted by Crippen LogP contribution is 2.18. The average Bonchev–Trinajstić information content (AvgIpc) is 2.99. The van der Waals surface area contributed by atoms with Gasteiger partial charge in [-0.2, -0.15) is 0 Å². The summed E-state index contributed by atoms with van der Waals surface area (Å²) in [4.78, 5) is 26.8. The zero-order chi connectivity index (χ0) is 18.2. The lowest BCUT2D eigenvalue weighted by Crippen LogP contribution is -2.10. The van der Waals surface area contributed by atoms with E-state index in [1.165, 1.54) is 0 Å². The Morgan fingerprint density at radius 2 is 1.96 bits per heavy atom. The first-order chi connectivity index (χ1) is 12.0. The number of nitrogens with zero attached hydrogens (tertiary/aromatic N) is 2. The van der Waals surface area contributed by atoms with Gasteiger partial charge in [-0.3, -0.25) is 4.79 Å². The second-order valence-electron chi connectivity index (χ2n) is 5.68. The number of carboxylic acids is 1. The van der Waals surface area contributed by atoms with Gasteiger partial charge in [0.05, 0.1) is 5.56 Å². The maximum Gasteiger partial charge on any atom is 0.335 e. The minimum absolute atomic E-state index is 0.255. The van der Waals surface area contributed by atoms with E-state index in [0.29, 0.717) is 12.3 Å². The van der Waals surface area contributed by atoms with Crippen LogP contribution in [0.4, 0.5) is 0 Å². The van der Waals surface area contributed by atoms with Gasteiger partial charge in [0.2, 0.25) is 5.12 Å². The van der Waals surface area contributed by atoms with Crippen LogP contribution in [0.25, 0.3) is 0 Å². The lowest BCUT2D eigenvalue weighted by molar-refractivity contribution is -0.113. The number of benzene rings is 1. The summed E-state index contributed by atoms with van der Waals surface area (Å²) >= 11 is 1.07. The fraction of sp³-hybridized carbons (Fsp3) is 0.389. The lowest BCUT2D eigenvalue weighted by atomic mass is 10.1. The molecule has 1 aromatic carbocycles. The van der Waals surface area contributed by atoms with Crippen LogP contribution in [0.5, 0.6) is 0 Å². The standard InChI is InChI=1S/C18H22N2O4S/c1-2-3-4-16-19-9-15(12-25-17(22)11-21)20(16)10-13-5-7-14(8-6-13)18(23)24/h5-9,21H,2-4,10-12H2,1H3,(H,23,24). The number of unbranched alkanes of at least 4 members (excludes halogenated alkanes) is 1. The molecule has 0 aliphatic heterocycles. The molecule has 0 unspecified atom stereocenters. The maximum atomic E-state index is 11.4. The lowest BCUT2D eigenvalue weighted by Gasteiger charge is -2.12. The molecule has 0 fully saturated rings. The molecule has 7 heteroatoms. The van der Waals surface area contributed by atoms with Crippen molar-refractivity contribution >= 4 is 22.8 Å². The third-order valence-corrected chi connectivity index (χ3v) is 4.72. The van der Waals surface area contributed by atoms with Gasteiger partial charge in [-0.1, -0.05) is 37.2 Å². The van der Waals surface area contributed by atoms with Gasteiger partial charge in [-0.15, -0.1) is 0 Å². The number of carbonyl (C=O) groups is 2. The van der Waals surface area contributed by atoms with Crippen LogP contribution in [0.1, 0.15) is 47.2 Å². The molecule has 0 saturated carbocycles. The Kier molecular flexibility index (Phi) is 7.21. The number of carbonyl (C=O) groups excluding carboxylic acids is 1. The van der Waals surface area contributed by atoms with Gasteiger partial charge in [0.25, 0.3) is 0 Å². The molecule has 2 N–H and O–H groups in total. The zero-order valence-electron chi connectivity index (χ0n) is 14.1. The number of aromatic nitrogens is 2. The highest BCUT2D eigenvalue weighted by Gasteiger charge is 2.12. The Hall–Kier alpha value is -2.12. The van der Waals surface area contributed by atoms with Crippen LogP contribution >= 0.6 is 11.8 Å². The molecule has 0 atom stereocenters. The van der Waals surface area contributed by atoms with Crippen molar-refractivity contribution < 1.29 is 19.8 Å². The highest BCUT2D eigenvalue weighted by molar-refractivity contribution is 8.13. The highest BCUT2D eigenvalue weighted by atomic mass is 32.2. The van der Waals surface area contributed by atoms with Gasteiger partial charge >= 0.3 is 5.97 Å². The van der Waals surface area contributed by atoms with Crippen molar-refractivity contribution in [3.05, 3.63) is 53.1 Å². The molecule has 134 valence electrons.